The maximum atomic E-state index is 14.2. The Morgan fingerprint density at radius 2 is 1.84 bits per heavy atom. The van der Waals surface area contributed by atoms with Gasteiger partial charge < -0.3 is 4.74 Å². The van der Waals surface area contributed by atoms with Gasteiger partial charge in [-0.3, -0.25) is 13.9 Å². The molecular weight excluding hydrogens is 425 g/mol. The summed E-state index contributed by atoms with van der Waals surface area (Å²) in [5.41, 5.74) is -0.207. The van der Waals surface area contributed by atoms with Crippen molar-refractivity contribution >= 4 is 57.4 Å². The molecule has 0 bridgehead atoms. The van der Waals surface area contributed by atoms with Gasteiger partial charge in [-0.2, -0.15) is 4.31 Å². The Hall–Kier alpha value is -0.550. The summed E-state index contributed by atoms with van der Waals surface area (Å²) in [4.78, 5) is 11.6. The molecule has 1 heterocycles. The zero-order valence-electron chi connectivity index (χ0n) is 12.9. The first-order valence-corrected chi connectivity index (χ1v) is 9.56. The lowest BCUT2D eigenvalue weighted by Crippen LogP contribution is -2.57. The van der Waals surface area contributed by atoms with Crippen LogP contribution in [-0.4, -0.2) is 51.5 Å². The molecule has 2 N–H and O–H groups in total. The standard InChI is InChI=1S/C13H15Cl3F2N2O4S/c1-2-24-11(21)5-19-6-13(17,18)7-20(25(19,22)23)12-9(15)3-8(14)4-10(12)16/h3-4,22-23H,2,5-7H2,1H3. The van der Waals surface area contributed by atoms with Gasteiger partial charge in [0.1, 0.15) is 13.1 Å². The van der Waals surface area contributed by atoms with Crippen molar-refractivity contribution in [2.24, 2.45) is 0 Å². The monoisotopic (exact) mass is 438 g/mol. The molecule has 25 heavy (non-hydrogen) atoms. The van der Waals surface area contributed by atoms with Crippen LogP contribution in [0.4, 0.5) is 14.5 Å². The van der Waals surface area contributed by atoms with Crippen LogP contribution in [0.3, 0.4) is 0 Å². The van der Waals surface area contributed by atoms with Gasteiger partial charge in [-0.05, 0) is 30.0 Å². The molecule has 1 fully saturated rings. The molecule has 0 spiro atoms. The molecule has 0 aromatic heterocycles. The number of benzene rings is 1. The lowest BCUT2D eigenvalue weighted by Gasteiger charge is -2.55. The molecule has 0 radical (unpaired) electrons. The van der Waals surface area contributed by atoms with Crippen LogP contribution in [0.25, 0.3) is 0 Å². The summed E-state index contributed by atoms with van der Waals surface area (Å²) < 4.78 is 55.2. The van der Waals surface area contributed by atoms with Gasteiger partial charge in [-0.15, -0.1) is 0 Å². The second-order valence-electron chi connectivity index (χ2n) is 5.20. The van der Waals surface area contributed by atoms with Crippen molar-refractivity contribution in [2.45, 2.75) is 12.8 Å². The maximum absolute atomic E-state index is 14.2. The van der Waals surface area contributed by atoms with E-state index in [9.17, 15) is 22.7 Å². The Kier molecular flexibility index (Phi) is 6.31. The number of nitrogens with zero attached hydrogens (tertiary/aromatic N) is 2. The van der Waals surface area contributed by atoms with Crippen molar-refractivity contribution in [3.63, 3.8) is 0 Å². The number of ether oxygens (including phenoxy) is 1. The molecule has 1 saturated heterocycles. The molecule has 1 aliphatic rings. The van der Waals surface area contributed by atoms with Crippen molar-refractivity contribution in [3.8, 4) is 0 Å². The predicted molar refractivity (Wildman–Crippen MR) is 94.8 cm³/mol. The van der Waals surface area contributed by atoms with Gasteiger partial charge in [0.25, 0.3) is 5.92 Å². The number of esters is 1. The summed E-state index contributed by atoms with van der Waals surface area (Å²) in [6.45, 7) is -1.24. The lowest BCUT2D eigenvalue weighted by atomic mass is 10.2. The number of halogens is 5. The minimum atomic E-state index is -3.99. The fraction of sp³-hybridized carbons (Fsp3) is 0.462. The molecular formula is C13H15Cl3F2N2O4S. The molecule has 142 valence electrons. The summed E-state index contributed by atoms with van der Waals surface area (Å²) in [5, 5.41) is -0.111. The number of carbonyl (C=O) groups is 1. The quantitative estimate of drug-likeness (QED) is 0.671. The highest BCUT2D eigenvalue weighted by atomic mass is 35.5. The normalized spacial score (nSPS) is 21.0. The highest BCUT2D eigenvalue weighted by Gasteiger charge is 2.50. The minimum Gasteiger partial charge on any atom is -0.465 e. The van der Waals surface area contributed by atoms with E-state index in [1.165, 1.54) is 12.1 Å². The van der Waals surface area contributed by atoms with Crippen molar-refractivity contribution in [1.82, 2.24) is 4.31 Å². The molecule has 0 atom stereocenters. The molecule has 0 amide bonds. The molecule has 0 aliphatic carbocycles. The van der Waals surface area contributed by atoms with E-state index in [1.54, 1.807) is 6.92 Å². The van der Waals surface area contributed by atoms with E-state index in [0.29, 0.717) is 8.61 Å². The molecule has 12 heteroatoms. The van der Waals surface area contributed by atoms with Crippen LogP contribution in [0, 0.1) is 0 Å². The van der Waals surface area contributed by atoms with Gasteiger partial charge in [-0.25, -0.2) is 13.1 Å². The van der Waals surface area contributed by atoms with Gasteiger partial charge in [0.15, 0.2) is 0 Å². The largest absolute Gasteiger partial charge is 0.465 e. The average Bonchev–Trinajstić information content (AvgIpc) is 2.43. The summed E-state index contributed by atoms with van der Waals surface area (Å²) in [7, 11) is -3.99. The Labute approximate surface area is 159 Å². The number of rotatable bonds is 4. The Morgan fingerprint density at radius 1 is 1.28 bits per heavy atom. The van der Waals surface area contributed by atoms with E-state index in [4.69, 9.17) is 34.8 Å². The van der Waals surface area contributed by atoms with Crippen LogP contribution in [-0.2, 0) is 9.53 Å². The zero-order valence-corrected chi connectivity index (χ0v) is 16.0. The van der Waals surface area contributed by atoms with Gasteiger partial charge in [0.05, 0.1) is 28.9 Å². The maximum Gasteiger partial charge on any atom is 0.321 e. The number of hydrogen-bond acceptors (Lipinski definition) is 6. The van der Waals surface area contributed by atoms with Crippen molar-refractivity contribution < 1.29 is 27.4 Å². The SMILES string of the molecule is CCOC(=O)CN1CC(F)(F)CN(c2c(Cl)cc(Cl)cc2Cl)S1(O)O. The second-order valence-corrected chi connectivity index (χ2v) is 8.39. The molecule has 6 nitrogen and oxygen atoms in total. The first kappa shape index (κ1) is 20.8. The molecule has 1 aromatic carbocycles. The Morgan fingerprint density at radius 3 is 2.36 bits per heavy atom. The third-order valence-corrected chi connectivity index (χ3v) is 5.92. The molecule has 0 unspecified atom stereocenters. The van der Waals surface area contributed by atoms with E-state index in [-0.39, 0.29) is 27.4 Å². The van der Waals surface area contributed by atoms with Crippen LogP contribution < -0.4 is 4.31 Å². The third-order valence-electron chi connectivity index (χ3n) is 3.27. The molecule has 0 saturated carbocycles. The van der Waals surface area contributed by atoms with Gasteiger partial charge in [0.2, 0.25) is 0 Å². The van der Waals surface area contributed by atoms with Crippen molar-refractivity contribution in [1.29, 1.82) is 0 Å². The number of carbonyl (C=O) groups excluding carboxylic acids is 1. The van der Waals surface area contributed by atoms with E-state index in [2.05, 4.69) is 4.74 Å². The fourth-order valence-electron chi connectivity index (χ4n) is 2.30. The van der Waals surface area contributed by atoms with E-state index >= 15 is 0 Å². The Bertz CT molecular complexity index is 658. The van der Waals surface area contributed by atoms with Crippen molar-refractivity contribution in [3.05, 3.63) is 27.2 Å². The van der Waals surface area contributed by atoms with Crippen LogP contribution >= 0.6 is 45.8 Å². The minimum absolute atomic E-state index is 0.0286. The zero-order chi connectivity index (χ0) is 19.0. The molecule has 2 rings (SSSR count). The Balaban J connectivity index is 2.45. The first-order chi connectivity index (χ1) is 11.5. The van der Waals surface area contributed by atoms with Gasteiger partial charge in [-0.1, -0.05) is 34.8 Å². The van der Waals surface area contributed by atoms with Crippen LogP contribution in [0.2, 0.25) is 15.1 Å². The lowest BCUT2D eigenvalue weighted by molar-refractivity contribution is -0.144. The summed E-state index contributed by atoms with van der Waals surface area (Å²) in [6, 6.07) is 2.48. The summed E-state index contributed by atoms with van der Waals surface area (Å²) in [6.07, 6.45) is 0. The summed E-state index contributed by atoms with van der Waals surface area (Å²) in [5.74, 6) is -4.23. The first-order valence-electron chi connectivity index (χ1n) is 6.97. The average molecular weight is 440 g/mol. The van der Waals surface area contributed by atoms with E-state index in [0.717, 1.165) is 0 Å². The van der Waals surface area contributed by atoms with Gasteiger partial charge in [0, 0.05) is 5.02 Å². The number of alkyl halides is 2. The second kappa shape index (κ2) is 7.59. The van der Waals surface area contributed by atoms with Crippen LogP contribution in [0.15, 0.2) is 12.1 Å². The van der Waals surface area contributed by atoms with Gasteiger partial charge >= 0.3 is 5.97 Å². The fourth-order valence-corrected chi connectivity index (χ4v) is 5.14. The van der Waals surface area contributed by atoms with E-state index in [1.807, 2.05) is 0 Å². The molecule has 1 aromatic rings. The smallest absolute Gasteiger partial charge is 0.321 e. The number of anilines is 1. The highest BCUT2D eigenvalue weighted by Crippen LogP contribution is 2.57. The van der Waals surface area contributed by atoms with Crippen molar-refractivity contribution in [2.75, 3.05) is 30.5 Å². The van der Waals surface area contributed by atoms with Crippen LogP contribution in [0.1, 0.15) is 6.92 Å². The topological polar surface area (TPSA) is 73.2 Å². The predicted octanol–water partition coefficient (Wildman–Crippen LogP) is 4.55. The number of hydrogen-bond donors (Lipinski definition) is 2. The summed E-state index contributed by atoms with van der Waals surface area (Å²) >= 11 is 17.8. The highest BCUT2D eigenvalue weighted by molar-refractivity contribution is 8.23. The third kappa shape index (κ3) is 4.60. The van der Waals surface area contributed by atoms with E-state index < -0.39 is 42.5 Å². The molecule has 1 aliphatic heterocycles. The van der Waals surface area contributed by atoms with Crippen LogP contribution in [0.5, 0.6) is 0 Å².